The van der Waals surface area contributed by atoms with Crippen molar-refractivity contribution in [2.45, 2.75) is 45.7 Å². The van der Waals surface area contributed by atoms with Crippen LogP contribution >= 0.6 is 7.60 Å². The van der Waals surface area contributed by atoms with Crippen molar-refractivity contribution in [3.63, 3.8) is 0 Å². The molecule has 0 heterocycles. The Bertz CT molecular complexity index is 1150. The van der Waals surface area contributed by atoms with E-state index < -0.39 is 31.6 Å². The van der Waals surface area contributed by atoms with Gasteiger partial charge >= 0.3 is 13.6 Å². The van der Waals surface area contributed by atoms with Crippen molar-refractivity contribution in [1.82, 2.24) is 0 Å². The van der Waals surface area contributed by atoms with Crippen LogP contribution in [-0.4, -0.2) is 30.4 Å². The molecule has 0 bridgehead atoms. The number of esters is 1. The van der Waals surface area contributed by atoms with E-state index in [1.54, 1.807) is 64.1 Å². The number of carbonyl (C=O) groups is 1. The van der Waals surface area contributed by atoms with E-state index in [9.17, 15) is 14.5 Å². The molecule has 1 unspecified atom stereocenters. The molecule has 0 fully saturated rings. The zero-order chi connectivity index (χ0) is 24.2. The molecule has 33 heavy (non-hydrogen) atoms. The fraction of sp³-hybridized carbons (Fsp3) is 0.320. The van der Waals surface area contributed by atoms with Crippen molar-refractivity contribution in [3.8, 4) is 5.75 Å². The number of rotatable bonds is 9. The molecule has 0 aliphatic heterocycles. The zero-order valence-corrected chi connectivity index (χ0v) is 20.3. The molecule has 176 valence electrons. The summed E-state index contributed by atoms with van der Waals surface area (Å²) >= 11 is 0. The van der Waals surface area contributed by atoms with Gasteiger partial charge in [-0.3, -0.25) is 4.57 Å². The first kappa shape index (κ1) is 24.8. The number of anilines is 1. The van der Waals surface area contributed by atoms with Crippen molar-refractivity contribution >= 4 is 30.0 Å². The van der Waals surface area contributed by atoms with Gasteiger partial charge in [0.1, 0.15) is 5.75 Å². The largest absolute Gasteiger partial charge is 0.508 e. The minimum atomic E-state index is -3.86. The van der Waals surface area contributed by atoms with E-state index in [2.05, 4.69) is 5.32 Å². The molecule has 8 heteroatoms. The molecule has 3 aromatic rings. The van der Waals surface area contributed by atoms with Crippen LogP contribution in [0.4, 0.5) is 5.69 Å². The van der Waals surface area contributed by atoms with E-state index in [1.165, 1.54) is 7.11 Å². The quantitative estimate of drug-likeness (QED) is 0.272. The lowest BCUT2D eigenvalue weighted by atomic mass is 10.0. The van der Waals surface area contributed by atoms with Crippen LogP contribution in [0.3, 0.4) is 0 Å². The maximum Gasteiger partial charge on any atom is 0.357 e. The van der Waals surface area contributed by atoms with Gasteiger partial charge in [-0.25, -0.2) is 4.79 Å². The highest BCUT2D eigenvalue weighted by Crippen LogP contribution is 2.64. The summed E-state index contributed by atoms with van der Waals surface area (Å²) in [7, 11) is -2.54. The number of nitrogens with one attached hydrogen (secondary N) is 1. The summed E-state index contributed by atoms with van der Waals surface area (Å²) in [6.45, 7) is 7.12. The van der Waals surface area contributed by atoms with Gasteiger partial charge in [-0.2, -0.15) is 0 Å². The van der Waals surface area contributed by atoms with E-state index in [4.69, 9.17) is 13.8 Å². The number of fused-ring (bicyclic) bond motifs is 1. The number of ether oxygens (including phenoxy) is 1. The molecule has 0 amide bonds. The summed E-state index contributed by atoms with van der Waals surface area (Å²) < 4.78 is 30.8. The number of phenols is 1. The van der Waals surface area contributed by atoms with Gasteiger partial charge in [-0.15, -0.1) is 0 Å². The van der Waals surface area contributed by atoms with E-state index in [-0.39, 0.29) is 5.75 Å². The second kappa shape index (κ2) is 10.4. The van der Waals surface area contributed by atoms with Crippen molar-refractivity contribution in [3.05, 3.63) is 71.8 Å². The SMILES string of the molecule is COC(=O)c1ccc(NC(c2c(O)ccc3ccccc23)P(=O)(OC(C)C)OC(C)C)cc1. The van der Waals surface area contributed by atoms with E-state index in [0.29, 0.717) is 16.8 Å². The molecule has 2 N–H and O–H groups in total. The van der Waals surface area contributed by atoms with E-state index >= 15 is 0 Å². The minimum absolute atomic E-state index is 0.0303. The lowest BCUT2D eigenvalue weighted by Crippen LogP contribution is -2.19. The number of hydrogen-bond donors (Lipinski definition) is 2. The van der Waals surface area contributed by atoms with Crippen LogP contribution < -0.4 is 5.32 Å². The van der Waals surface area contributed by atoms with Gasteiger partial charge in [-0.1, -0.05) is 30.3 Å². The standard InChI is InChI=1S/C25H30NO6P/c1-16(2)31-33(29,32-17(3)4)24(26-20-13-10-19(11-14-20)25(28)30-5)23-21-9-7-6-8-18(21)12-15-22(23)27/h6-17,24,26-27H,1-5H3. The molecule has 0 radical (unpaired) electrons. The molecule has 0 aromatic heterocycles. The number of hydrogen-bond acceptors (Lipinski definition) is 7. The highest BCUT2D eigenvalue weighted by atomic mass is 31.2. The van der Waals surface area contributed by atoms with Crippen LogP contribution in [0.2, 0.25) is 0 Å². The lowest BCUT2D eigenvalue weighted by Gasteiger charge is -2.32. The Morgan fingerprint density at radius 2 is 1.52 bits per heavy atom. The predicted octanol–water partition coefficient (Wildman–Crippen LogP) is 6.49. The first-order valence-electron chi connectivity index (χ1n) is 10.8. The van der Waals surface area contributed by atoms with Crippen molar-refractivity contribution in [1.29, 1.82) is 0 Å². The predicted molar refractivity (Wildman–Crippen MR) is 130 cm³/mol. The Labute approximate surface area is 194 Å². The molecule has 3 aromatic carbocycles. The molecule has 0 saturated carbocycles. The van der Waals surface area contributed by atoms with Gasteiger partial charge in [0, 0.05) is 11.3 Å². The fourth-order valence-corrected chi connectivity index (χ4v) is 5.96. The fourth-order valence-electron chi connectivity index (χ4n) is 3.59. The molecule has 3 rings (SSSR count). The summed E-state index contributed by atoms with van der Waals surface area (Å²) in [6.07, 6.45) is -0.782. The Kier molecular flexibility index (Phi) is 7.80. The number of phenolic OH excluding ortho intramolecular Hbond substituents is 1. The van der Waals surface area contributed by atoms with Gasteiger partial charge in [-0.05, 0) is 68.8 Å². The Morgan fingerprint density at radius 1 is 0.909 bits per heavy atom. The Morgan fingerprint density at radius 3 is 2.09 bits per heavy atom. The number of methoxy groups -OCH3 is 1. The van der Waals surface area contributed by atoms with Crippen LogP contribution in [0, 0.1) is 0 Å². The van der Waals surface area contributed by atoms with E-state index in [1.807, 2.05) is 24.3 Å². The van der Waals surface area contributed by atoms with Crippen LogP contribution in [0.15, 0.2) is 60.7 Å². The molecule has 0 aliphatic carbocycles. The molecule has 7 nitrogen and oxygen atoms in total. The highest BCUT2D eigenvalue weighted by Gasteiger charge is 2.41. The lowest BCUT2D eigenvalue weighted by molar-refractivity contribution is 0.0600. The van der Waals surface area contributed by atoms with Crippen LogP contribution in [0.25, 0.3) is 10.8 Å². The summed E-state index contributed by atoms with van der Waals surface area (Å²) in [5.74, 6) is -1.50. The summed E-state index contributed by atoms with van der Waals surface area (Å²) in [4.78, 5) is 11.8. The smallest absolute Gasteiger partial charge is 0.357 e. The van der Waals surface area contributed by atoms with Crippen molar-refractivity contribution < 1.29 is 28.3 Å². The average Bonchev–Trinajstić information content (AvgIpc) is 2.76. The third-order valence-electron chi connectivity index (χ3n) is 4.86. The first-order valence-corrected chi connectivity index (χ1v) is 12.4. The molecule has 0 spiro atoms. The first-order chi connectivity index (χ1) is 15.6. The van der Waals surface area contributed by atoms with E-state index in [0.717, 1.165) is 10.8 Å². The Balaban J connectivity index is 2.18. The maximum absolute atomic E-state index is 14.3. The molecule has 0 aliphatic rings. The number of carbonyl (C=O) groups excluding carboxylic acids is 1. The van der Waals surface area contributed by atoms with Gasteiger partial charge < -0.3 is 24.2 Å². The molecular formula is C25H30NO6P. The average molecular weight is 471 g/mol. The topological polar surface area (TPSA) is 94.1 Å². The zero-order valence-electron chi connectivity index (χ0n) is 19.4. The van der Waals surface area contributed by atoms with Crippen molar-refractivity contribution in [2.75, 3.05) is 12.4 Å². The van der Waals surface area contributed by atoms with Gasteiger partial charge in [0.25, 0.3) is 0 Å². The van der Waals surface area contributed by atoms with Crippen LogP contribution in [0.1, 0.15) is 49.4 Å². The Hall–Kier alpha value is -2.86. The molecule has 0 saturated heterocycles. The molecular weight excluding hydrogens is 441 g/mol. The van der Waals surface area contributed by atoms with Gasteiger partial charge in [0.05, 0.1) is 24.9 Å². The normalized spacial score (nSPS) is 12.8. The number of benzene rings is 3. The van der Waals surface area contributed by atoms with Crippen LogP contribution in [0.5, 0.6) is 5.75 Å². The summed E-state index contributed by atoms with van der Waals surface area (Å²) in [5.41, 5.74) is 1.36. The maximum atomic E-state index is 14.3. The van der Waals surface area contributed by atoms with Gasteiger partial charge in [0.2, 0.25) is 0 Å². The highest BCUT2D eigenvalue weighted by molar-refractivity contribution is 7.54. The summed E-state index contributed by atoms with van der Waals surface area (Å²) in [5, 5.41) is 15.7. The monoisotopic (exact) mass is 471 g/mol. The molecule has 1 atom stereocenters. The second-order valence-electron chi connectivity index (χ2n) is 8.18. The minimum Gasteiger partial charge on any atom is -0.508 e. The summed E-state index contributed by atoms with van der Waals surface area (Å²) in [6, 6.07) is 17.4. The van der Waals surface area contributed by atoms with Crippen molar-refractivity contribution in [2.24, 2.45) is 0 Å². The van der Waals surface area contributed by atoms with Crippen LogP contribution in [-0.2, 0) is 18.3 Å². The van der Waals surface area contributed by atoms with Gasteiger partial charge in [0.15, 0.2) is 5.78 Å². The third-order valence-corrected chi connectivity index (χ3v) is 7.31. The second-order valence-corrected chi connectivity index (χ2v) is 10.2. The number of aromatic hydroxyl groups is 1. The third kappa shape index (κ3) is 5.74.